The number of benzene rings is 1. The molecule has 2 rings (SSSR count). The SMILES string of the molecule is Cc1ccsc1C(CN)Sc1ccc(Cl)c(Cl)c1. The molecule has 1 atom stereocenters. The monoisotopic (exact) mass is 317 g/mol. The van der Waals surface area contributed by atoms with Crippen molar-refractivity contribution in [1.82, 2.24) is 0 Å². The van der Waals surface area contributed by atoms with E-state index in [1.54, 1.807) is 23.1 Å². The minimum atomic E-state index is 0.266. The van der Waals surface area contributed by atoms with Crippen LogP contribution in [0, 0.1) is 6.92 Å². The zero-order valence-electron chi connectivity index (χ0n) is 9.82. The number of rotatable bonds is 4. The molecule has 2 aromatic rings. The van der Waals surface area contributed by atoms with Gasteiger partial charge in [0.15, 0.2) is 0 Å². The van der Waals surface area contributed by atoms with Crippen LogP contribution in [-0.4, -0.2) is 6.54 Å². The van der Waals surface area contributed by atoms with E-state index in [1.165, 1.54) is 10.4 Å². The van der Waals surface area contributed by atoms with Gasteiger partial charge in [0.25, 0.3) is 0 Å². The first-order chi connectivity index (χ1) is 8.61. The molecule has 0 aliphatic rings. The van der Waals surface area contributed by atoms with Gasteiger partial charge in [0, 0.05) is 16.3 Å². The molecule has 1 unspecified atom stereocenters. The Hall–Kier alpha value is -0.190. The maximum atomic E-state index is 6.02. The second-order valence-electron chi connectivity index (χ2n) is 3.89. The second-order valence-corrected chi connectivity index (χ2v) is 6.92. The lowest BCUT2D eigenvalue weighted by Crippen LogP contribution is -2.08. The summed E-state index contributed by atoms with van der Waals surface area (Å²) in [5, 5.41) is 3.53. The summed E-state index contributed by atoms with van der Waals surface area (Å²) in [6.45, 7) is 2.72. The average molecular weight is 318 g/mol. The molecular weight excluding hydrogens is 305 g/mol. The summed E-state index contributed by atoms with van der Waals surface area (Å²) in [6.07, 6.45) is 0. The molecular formula is C13H13Cl2NS2. The molecule has 1 aromatic heterocycles. The smallest absolute Gasteiger partial charge is 0.0603 e. The lowest BCUT2D eigenvalue weighted by molar-refractivity contribution is 0.952. The summed E-state index contributed by atoms with van der Waals surface area (Å²) in [4.78, 5) is 2.42. The molecule has 5 heteroatoms. The molecule has 0 amide bonds. The van der Waals surface area contributed by atoms with Crippen molar-refractivity contribution in [3.8, 4) is 0 Å². The lowest BCUT2D eigenvalue weighted by atomic mass is 10.2. The topological polar surface area (TPSA) is 26.0 Å². The van der Waals surface area contributed by atoms with Gasteiger partial charge in [-0.25, -0.2) is 0 Å². The van der Waals surface area contributed by atoms with Gasteiger partial charge >= 0.3 is 0 Å². The first-order valence-electron chi connectivity index (χ1n) is 5.47. The van der Waals surface area contributed by atoms with Crippen molar-refractivity contribution in [1.29, 1.82) is 0 Å². The second kappa shape index (κ2) is 6.31. The van der Waals surface area contributed by atoms with Crippen LogP contribution in [0.2, 0.25) is 10.0 Å². The van der Waals surface area contributed by atoms with Crippen LogP contribution in [0.4, 0.5) is 0 Å². The normalized spacial score (nSPS) is 12.7. The highest BCUT2D eigenvalue weighted by Gasteiger charge is 2.15. The Balaban J connectivity index is 2.20. The van der Waals surface area contributed by atoms with Crippen molar-refractivity contribution in [3.05, 3.63) is 50.1 Å². The molecule has 0 aliphatic heterocycles. The zero-order chi connectivity index (χ0) is 13.1. The van der Waals surface area contributed by atoms with Crippen LogP contribution in [0.25, 0.3) is 0 Å². The summed E-state index contributed by atoms with van der Waals surface area (Å²) in [6, 6.07) is 7.81. The Morgan fingerprint density at radius 1 is 1.28 bits per heavy atom. The minimum absolute atomic E-state index is 0.266. The summed E-state index contributed by atoms with van der Waals surface area (Å²) in [5.41, 5.74) is 7.17. The Labute approximate surface area is 125 Å². The maximum Gasteiger partial charge on any atom is 0.0603 e. The fraction of sp³-hybridized carbons (Fsp3) is 0.231. The van der Waals surface area contributed by atoms with Crippen LogP contribution in [0.1, 0.15) is 15.7 Å². The van der Waals surface area contributed by atoms with Gasteiger partial charge in [-0.05, 0) is 42.1 Å². The third-order valence-electron chi connectivity index (χ3n) is 2.58. The maximum absolute atomic E-state index is 6.02. The van der Waals surface area contributed by atoms with E-state index in [1.807, 2.05) is 18.2 Å². The molecule has 18 heavy (non-hydrogen) atoms. The summed E-state index contributed by atoms with van der Waals surface area (Å²) < 4.78 is 0. The van der Waals surface area contributed by atoms with E-state index in [4.69, 9.17) is 28.9 Å². The molecule has 2 N–H and O–H groups in total. The lowest BCUT2D eigenvalue weighted by Gasteiger charge is -2.14. The fourth-order valence-electron chi connectivity index (χ4n) is 1.64. The largest absolute Gasteiger partial charge is 0.329 e. The third kappa shape index (κ3) is 3.22. The van der Waals surface area contributed by atoms with Crippen molar-refractivity contribution >= 4 is 46.3 Å². The molecule has 0 spiro atoms. The minimum Gasteiger partial charge on any atom is -0.329 e. The van der Waals surface area contributed by atoms with E-state index in [9.17, 15) is 0 Å². The van der Waals surface area contributed by atoms with Gasteiger partial charge in [-0.3, -0.25) is 0 Å². The number of nitrogens with two attached hydrogens (primary N) is 1. The Kier molecular flexibility index (Phi) is 4.98. The van der Waals surface area contributed by atoms with Crippen molar-refractivity contribution in [2.75, 3.05) is 6.54 Å². The Bertz CT molecular complexity index is 540. The van der Waals surface area contributed by atoms with Gasteiger partial charge < -0.3 is 5.73 Å². The molecule has 0 saturated heterocycles. The van der Waals surface area contributed by atoms with Crippen LogP contribution in [-0.2, 0) is 0 Å². The number of aryl methyl sites for hydroxylation is 1. The predicted octanol–water partition coefficient (Wildman–Crippen LogP) is 5.16. The van der Waals surface area contributed by atoms with Crippen LogP contribution in [0.5, 0.6) is 0 Å². The van der Waals surface area contributed by atoms with Gasteiger partial charge in [-0.2, -0.15) is 0 Å². The van der Waals surface area contributed by atoms with E-state index in [-0.39, 0.29) is 5.25 Å². The van der Waals surface area contributed by atoms with Crippen LogP contribution in [0.15, 0.2) is 34.5 Å². The molecule has 0 saturated carbocycles. The fourth-order valence-corrected chi connectivity index (χ4v) is 4.28. The zero-order valence-corrected chi connectivity index (χ0v) is 13.0. The Morgan fingerprint density at radius 3 is 2.61 bits per heavy atom. The third-order valence-corrected chi connectivity index (χ3v) is 5.84. The molecule has 1 heterocycles. The van der Waals surface area contributed by atoms with Gasteiger partial charge in [0.1, 0.15) is 0 Å². The van der Waals surface area contributed by atoms with E-state index < -0.39 is 0 Å². The number of hydrogen-bond acceptors (Lipinski definition) is 3. The van der Waals surface area contributed by atoms with E-state index in [0.717, 1.165) is 4.90 Å². The number of halogens is 2. The van der Waals surface area contributed by atoms with Gasteiger partial charge in [0.05, 0.1) is 15.3 Å². The first kappa shape index (κ1) is 14.2. The van der Waals surface area contributed by atoms with Gasteiger partial charge in [0.2, 0.25) is 0 Å². The average Bonchev–Trinajstić information content (AvgIpc) is 2.77. The molecule has 0 fully saturated rings. The predicted molar refractivity (Wildman–Crippen MR) is 83.2 cm³/mol. The van der Waals surface area contributed by atoms with Crippen molar-refractivity contribution in [2.24, 2.45) is 5.73 Å². The molecule has 0 aliphatic carbocycles. The standard InChI is InChI=1S/C13H13Cl2NS2/c1-8-4-5-17-13(8)12(7-16)18-9-2-3-10(14)11(15)6-9/h2-6,12H,7,16H2,1H3. The van der Waals surface area contributed by atoms with E-state index in [2.05, 4.69) is 18.4 Å². The van der Waals surface area contributed by atoms with Crippen molar-refractivity contribution in [3.63, 3.8) is 0 Å². The van der Waals surface area contributed by atoms with Crippen LogP contribution >= 0.6 is 46.3 Å². The van der Waals surface area contributed by atoms with Gasteiger partial charge in [-0.1, -0.05) is 23.2 Å². The van der Waals surface area contributed by atoms with E-state index >= 15 is 0 Å². The molecule has 1 nitrogen and oxygen atoms in total. The molecule has 0 bridgehead atoms. The van der Waals surface area contributed by atoms with Crippen molar-refractivity contribution in [2.45, 2.75) is 17.1 Å². The van der Waals surface area contributed by atoms with Gasteiger partial charge in [-0.15, -0.1) is 23.1 Å². The number of hydrogen-bond donors (Lipinski definition) is 1. The first-order valence-corrected chi connectivity index (χ1v) is 7.99. The van der Waals surface area contributed by atoms with E-state index in [0.29, 0.717) is 16.6 Å². The summed E-state index contributed by atoms with van der Waals surface area (Å²) in [7, 11) is 0. The highest BCUT2D eigenvalue weighted by Crippen LogP contribution is 2.40. The van der Waals surface area contributed by atoms with Crippen LogP contribution < -0.4 is 5.73 Å². The van der Waals surface area contributed by atoms with Crippen molar-refractivity contribution < 1.29 is 0 Å². The molecule has 1 aromatic carbocycles. The summed E-state index contributed by atoms with van der Waals surface area (Å²) in [5.74, 6) is 0. The number of thiophene rings is 1. The summed E-state index contributed by atoms with van der Waals surface area (Å²) >= 11 is 15.4. The quantitative estimate of drug-likeness (QED) is 0.788. The van der Waals surface area contributed by atoms with Crippen LogP contribution in [0.3, 0.4) is 0 Å². The number of thioether (sulfide) groups is 1. The molecule has 0 radical (unpaired) electrons. The Morgan fingerprint density at radius 2 is 2.06 bits per heavy atom. The molecule has 96 valence electrons. The highest BCUT2D eigenvalue weighted by molar-refractivity contribution is 7.99. The highest BCUT2D eigenvalue weighted by atomic mass is 35.5.